The van der Waals surface area contributed by atoms with Gasteiger partial charge in [-0.1, -0.05) is 53.1 Å². The van der Waals surface area contributed by atoms with Crippen molar-refractivity contribution in [3.8, 4) is 11.5 Å². The van der Waals surface area contributed by atoms with Crippen LogP contribution in [0.3, 0.4) is 0 Å². The molecule has 17 heteroatoms. The van der Waals surface area contributed by atoms with Gasteiger partial charge in [-0.3, -0.25) is 34.3 Å². The van der Waals surface area contributed by atoms with E-state index in [2.05, 4.69) is 10.4 Å². The molecule has 3 heterocycles. The highest BCUT2D eigenvalue weighted by Crippen LogP contribution is 2.65. The van der Waals surface area contributed by atoms with Gasteiger partial charge in [0.2, 0.25) is 11.8 Å². The quantitative estimate of drug-likeness (QED) is 0.174. The van der Waals surface area contributed by atoms with E-state index in [-0.39, 0.29) is 49.3 Å². The molecule has 7 rings (SSSR count). The zero-order chi connectivity index (χ0) is 38.9. The third-order valence-electron chi connectivity index (χ3n) is 11.0. The maximum atomic E-state index is 15.2. The zero-order valence-corrected chi connectivity index (χ0v) is 29.8. The molecule has 12 nitrogen and oxygen atoms in total. The number of hydrazine groups is 1. The maximum absolute atomic E-state index is 15.2. The second-order valence-corrected chi connectivity index (χ2v) is 14.5. The van der Waals surface area contributed by atoms with Crippen LogP contribution in [0.5, 0.6) is 11.5 Å². The van der Waals surface area contributed by atoms with Crippen molar-refractivity contribution in [2.45, 2.75) is 43.2 Å². The molecule has 3 fully saturated rings. The SMILES string of the molecule is COc1ccc([C@H]2C3=CC[C@@H]4C(=O)N(CCCC(=O)O)C(=O)[C@@H]4[C@@H]3C[C@H]3C(=O)N(Nc4ncc(C(F)(F)F)cc4Cl)C(=O)[C@@]23c2ccc(Cl)cc2)c(O)c1. The third kappa shape index (κ3) is 5.84. The molecule has 2 aliphatic heterocycles. The molecular formula is C37H31Cl2F3N4O8. The predicted molar refractivity (Wildman–Crippen MR) is 185 cm³/mol. The van der Waals surface area contributed by atoms with Crippen LogP contribution in [0.15, 0.2) is 66.4 Å². The number of carbonyl (C=O) groups excluding carboxylic acids is 4. The summed E-state index contributed by atoms with van der Waals surface area (Å²) in [5.41, 5.74) is 0.592. The molecular weight excluding hydrogens is 756 g/mol. The number of methoxy groups -OCH3 is 1. The molecule has 54 heavy (non-hydrogen) atoms. The lowest BCUT2D eigenvalue weighted by Gasteiger charge is -2.50. The van der Waals surface area contributed by atoms with E-state index in [9.17, 15) is 37.5 Å². The van der Waals surface area contributed by atoms with Crippen LogP contribution in [-0.4, -0.2) is 68.4 Å². The summed E-state index contributed by atoms with van der Waals surface area (Å²) in [4.78, 5) is 73.7. The van der Waals surface area contributed by atoms with E-state index in [1.165, 1.54) is 25.3 Å². The summed E-state index contributed by atoms with van der Waals surface area (Å²) in [6.45, 7) is -0.115. The second kappa shape index (κ2) is 13.6. The first-order valence-corrected chi connectivity index (χ1v) is 17.6. The number of amides is 4. The van der Waals surface area contributed by atoms with Gasteiger partial charge < -0.3 is 14.9 Å². The van der Waals surface area contributed by atoms with Gasteiger partial charge in [0.1, 0.15) is 11.5 Å². The number of phenolic OH excluding ortho intramolecular Hbond substituents is 1. The van der Waals surface area contributed by atoms with E-state index in [0.717, 1.165) is 4.90 Å². The van der Waals surface area contributed by atoms with Crippen LogP contribution in [0.2, 0.25) is 10.0 Å². The Labute approximate surface area is 315 Å². The fourth-order valence-corrected chi connectivity index (χ4v) is 9.03. The fraction of sp³-hybridized carbons (Fsp3) is 0.351. The number of imide groups is 2. The number of likely N-dealkylation sites (tertiary alicyclic amines) is 1. The van der Waals surface area contributed by atoms with E-state index in [4.69, 9.17) is 33.0 Å². The number of rotatable bonds is 9. The Morgan fingerprint density at radius 1 is 1.04 bits per heavy atom. The number of hydrogen-bond donors (Lipinski definition) is 3. The number of fused-ring (bicyclic) bond motifs is 4. The number of anilines is 1. The summed E-state index contributed by atoms with van der Waals surface area (Å²) in [7, 11) is 1.40. The van der Waals surface area contributed by atoms with Crippen LogP contribution in [0, 0.1) is 23.7 Å². The Kier molecular flexibility index (Phi) is 9.37. The largest absolute Gasteiger partial charge is 0.508 e. The summed E-state index contributed by atoms with van der Waals surface area (Å²) in [6, 6.07) is 11.3. The van der Waals surface area contributed by atoms with E-state index in [1.807, 2.05) is 0 Å². The number of nitrogens with zero attached hydrogens (tertiary/aromatic N) is 3. The molecule has 1 aromatic heterocycles. The average Bonchev–Trinajstić information content (AvgIpc) is 3.49. The van der Waals surface area contributed by atoms with Crippen molar-refractivity contribution in [3.63, 3.8) is 0 Å². The molecule has 0 bridgehead atoms. The van der Waals surface area contributed by atoms with E-state index in [0.29, 0.717) is 33.4 Å². The van der Waals surface area contributed by atoms with Gasteiger partial charge in [-0.05, 0) is 55.0 Å². The fourth-order valence-electron chi connectivity index (χ4n) is 8.70. The van der Waals surface area contributed by atoms with E-state index < -0.39 is 87.2 Å². The number of hydrogen-bond acceptors (Lipinski definition) is 9. The number of ether oxygens (including phenoxy) is 1. The zero-order valence-electron chi connectivity index (χ0n) is 28.3. The lowest BCUT2D eigenvalue weighted by atomic mass is 9.49. The molecule has 0 radical (unpaired) electrons. The minimum Gasteiger partial charge on any atom is -0.508 e. The molecule has 3 N–H and O–H groups in total. The standard InChI is InChI=1S/C37H31Cl2F3N4O8/c1-54-20-8-9-22(27(47)14-20)30-21-10-11-23-29(34(52)45(32(23)50)12-2-3-28(48)49)24(21)15-25-33(51)46(35(53)36(25,30)17-4-6-19(38)7-5-17)44-31-26(39)13-18(16-43-31)37(40,41)42/h4-10,13-14,16,23-25,29-30,47H,2-3,11-12,15H2,1H3,(H,43,44)(H,48,49)/t23-,24+,25-,29-,30+,36+/m0/s1. The highest BCUT2D eigenvalue weighted by molar-refractivity contribution is 6.33. The number of aromatic hydroxyl groups is 1. The molecule has 2 saturated heterocycles. The van der Waals surface area contributed by atoms with Gasteiger partial charge in [0.25, 0.3) is 11.8 Å². The second-order valence-electron chi connectivity index (χ2n) is 13.7. The van der Waals surface area contributed by atoms with Crippen LogP contribution in [0.4, 0.5) is 19.0 Å². The van der Waals surface area contributed by atoms with Gasteiger partial charge >= 0.3 is 12.1 Å². The molecule has 6 atom stereocenters. The van der Waals surface area contributed by atoms with E-state index in [1.54, 1.807) is 30.3 Å². The highest BCUT2D eigenvalue weighted by atomic mass is 35.5. The lowest BCUT2D eigenvalue weighted by Crippen LogP contribution is -2.53. The number of nitrogens with one attached hydrogen (secondary N) is 1. The monoisotopic (exact) mass is 786 g/mol. The van der Waals surface area contributed by atoms with Gasteiger partial charge in [-0.2, -0.15) is 18.2 Å². The lowest BCUT2D eigenvalue weighted by molar-refractivity contribution is -0.142. The Morgan fingerprint density at radius 3 is 2.39 bits per heavy atom. The van der Waals surface area contributed by atoms with Crippen molar-refractivity contribution in [2.24, 2.45) is 23.7 Å². The maximum Gasteiger partial charge on any atom is 0.417 e. The summed E-state index contributed by atoms with van der Waals surface area (Å²) < 4.78 is 45.6. The number of phenols is 1. The van der Waals surface area contributed by atoms with Crippen molar-refractivity contribution in [1.29, 1.82) is 0 Å². The third-order valence-corrected chi connectivity index (χ3v) is 11.5. The molecule has 1 saturated carbocycles. The van der Waals surface area contributed by atoms with Crippen LogP contribution in [0.1, 0.15) is 48.3 Å². The molecule has 0 unspecified atom stereocenters. The first kappa shape index (κ1) is 37.2. The number of carboxylic acid groups (broad SMARTS) is 1. The summed E-state index contributed by atoms with van der Waals surface area (Å²) in [5.74, 6) is -9.17. The minimum absolute atomic E-state index is 0.0377. The first-order chi connectivity index (χ1) is 25.6. The smallest absolute Gasteiger partial charge is 0.417 e. The number of aromatic nitrogens is 1. The van der Waals surface area contributed by atoms with Gasteiger partial charge in [0.15, 0.2) is 5.82 Å². The summed E-state index contributed by atoms with van der Waals surface area (Å²) >= 11 is 12.5. The van der Waals surface area contributed by atoms with Gasteiger partial charge in [-0.15, -0.1) is 0 Å². The van der Waals surface area contributed by atoms with E-state index >= 15 is 4.79 Å². The Balaban J connectivity index is 1.40. The minimum atomic E-state index is -4.78. The van der Waals surface area contributed by atoms with Crippen LogP contribution >= 0.6 is 23.2 Å². The summed E-state index contributed by atoms with van der Waals surface area (Å²) in [5, 5.41) is 21.2. The Bertz CT molecular complexity index is 2130. The number of allylic oxidation sites excluding steroid dienone is 2. The molecule has 4 aliphatic rings. The van der Waals surface area contributed by atoms with Crippen LogP contribution < -0.4 is 10.2 Å². The molecule has 0 spiro atoms. The number of halogens is 5. The molecule has 3 aromatic rings. The number of carboxylic acids is 1. The Hall–Kier alpha value is -5.15. The first-order valence-electron chi connectivity index (χ1n) is 16.9. The number of pyridine rings is 1. The molecule has 2 aliphatic carbocycles. The van der Waals surface area contributed by atoms with Gasteiger partial charge in [0, 0.05) is 41.7 Å². The number of aliphatic carboxylic acids is 1. The van der Waals surface area contributed by atoms with Crippen molar-refractivity contribution >= 4 is 58.6 Å². The predicted octanol–water partition coefficient (Wildman–Crippen LogP) is 5.97. The molecule has 4 amide bonds. The number of alkyl halides is 3. The Morgan fingerprint density at radius 2 is 1.76 bits per heavy atom. The van der Waals surface area contributed by atoms with Crippen molar-refractivity contribution in [1.82, 2.24) is 14.9 Å². The number of carbonyl (C=O) groups is 5. The van der Waals surface area contributed by atoms with Crippen molar-refractivity contribution < 1.29 is 52.1 Å². The molecule has 282 valence electrons. The van der Waals surface area contributed by atoms with Crippen LogP contribution in [-0.2, 0) is 35.6 Å². The topological polar surface area (TPSA) is 166 Å². The molecule has 2 aromatic carbocycles. The van der Waals surface area contributed by atoms with Crippen molar-refractivity contribution in [2.75, 3.05) is 19.1 Å². The highest BCUT2D eigenvalue weighted by Gasteiger charge is 2.70. The number of benzene rings is 2. The van der Waals surface area contributed by atoms with Gasteiger partial charge in [0.05, 0.1) is 40.9 Å². The average molecular weight is 788 g/mol. The van der Waals surface area contributed by atoms with Gasteiger partial charge in [-0.25, -0.2) is 4.98 Å². The normalized spacial score (nSPS) is 26.3. The summed E-state index contributed by atoms with van der Waals surface area (Å²) in [6.07, 6.45) is -2.77. The van der Waals surface area contributed by atoms with Crippen LogP contribution in [0.25, 0.3) is 0 Å². The van der Waals surface area contributed by atoms with Crippen molar-refractivity contribution in [3.05, 3.63) is 93.1 Å².